The van der Waals surface area contributed by atoms with Gasteiger partial charge in [-0.15, -0.1) is 11.3 Å². The molecule has 3 rings (SSSR count). The molecule has 0 radical (unpaired) electrons. The first kappa shape index (κ1) is 14.8. The van der Waals surface area contributed by atoms with Crippen LogP contribution < -0.4 is 5.32 Å². The Balaban J connectivity index is 1.71. The van der Waals surface area contributed by atoms with Crippen LogP contribution in [0, 0.1) is 5.41 Å². The van der Waals surface area contributed by atoms with Crippen LogP contribution in [0.2, 0.25) is 0 Å². The molecule has 2 aromatic rings. The molecule has 1 unspecified atom stereocenters. The molecule has 0 aromatic carbocycles. The Labute approximate surface area is 130 Å². The molecular weight excluding hydrogens is 282 g/mol. The van der Waals surface area contributed by atoms with Crippen molar-refractivity contribution >= 4 is 11.3 Å². The fraction of sp³-hybridized carbons (Fsp3) is 0.562. The first-order chi connectivity index (χ1) is 10.2. The molecule has 21 heavy (non-hydrogen) atoms. The molecule has 114 valence electrons. The lowest BCUT2D eigenvalue weighted by Gasteiger charge is -2.22. The van der Waals surface area contributed by atoms with Crippen molar-refractivity contribution in [2.24, 2.45) is 12.5 Å². The van der Waals surface area contributed by atoms with Gasteiger partial charge in [-0.2, -0.15) is 0 Å². The van der Waals surface area contributed by atoms with E-state index in [-0.39, 0.29) is 6.04 Å². The number of methoxy groups -OCH3 is 1. The lowest BCUT2D eigenvalue weighted by molar-refractivity contribution is 0.170. The van der Waals surface area contributed by atoms with Crippen LogP contribution in [-0.2, 0) is 11.8 Å². The second kappa shape index (κ2) is 6.30. The fourth-order valence-electron chi connectivity index (χ4n) is 2.76. The summed E-state index contributed by atoms with van der Waals surface area (Å²) in [4.78, 5) is 5.86. The number of nitrogens with one attached hydrogen (secondary N) is 1. The normalized spacial score (nSPS) is 17.8. The van der Waals surface area contributed by atoms with Gasteiger partial charge in [-0.1, -0.05) is 6.07 Å². The summed E-state index contributed by atoms with van der Waals surface area (Å²) in [5.41, 5.74) is 0.441. The number of thiophene rings is 1. The Bertz CT molecular complexity index is 560. The van der Waals surface area contributed by atoms with Crippen LogP contribution in [0.1, 0.15) is 36.0 Å². The first-order valence-corrected chi connectivity index (χ1v) is 8.35. The van der Waals surface area contributed by atoms with Gasteiger partial charge < -0.3 is 14.6 Å². The number of nitrogens with zero attached hydrogens (tertiary/aromatic N) is 2. The van der Waals surface area contributed by atoms with Crippen LogP contribution in [0.4, 0.5) is 0 Å². The van der Waals surface area contributed by atoms with Gasteiger partial charge in [0.2, 0.25) is 0 Å². The Morgan fingerprint density at radius 1 is 1.52 bits per heavy atom. The fourth-order valence-corrected chi connectivity index (χ4v) is 3.56. The maximum absolute atomic E-state index is 5.25. The van der Waals surface area contributed by atoms with Crippen LogP contribution in [0.5, 0.6) is 0 Å². The maximum Gasteiger partial charge on any atom is 0.131 e. The second-order valence-corrected chi connectivity index (χ2v) is 6.95. The molecular formula is C16H23N3OS. The minimum atomic E-state index is 0.185. The largest absolute Gasteiger partial charge is 0.385 e. The molecule has 1 aliphatic rings. The average molecular weight is 305 g/mol. The lowest BCUT2D eigenvalue weighted by Crippen LogP contribution is -2.30. The Morgan fingerprint density at radius 3 is 2.95 bits per heavy atom. The molecule has 0 bridgehead atoms. The van der Waals surface area contributed by atoms with E-state index in [2.05, 4.69) is 39.4 Å². The molecule has 0 aliphatic heterocycles. The van der Waals surface area contributed by atoms with Crippen molar-refractivity contribution in [2.75, 3.05) is 20.3 Å². The van der Waals surface area contributed by atoms with E-state index in [9.17, 15) is 0 Å². The molecule has 5 heteroatoms. The van der Waals surface area contributed by atoms with Gasteiger partial charge in [-0.3, -0.25) is 0 Å². The van der Waals surface area contributed by atoms with Gasteiger partial charge in [0.25, 0.3) is 0 Å². The maximum atomic E-state index is 5.25. The van der Waals surface area contributed by atoms with Crippen molar-refractivity contribution in [2.45, 2.75) is 25.3 Å². The van der Waals surface area contributed by atoms with Crippen molar-refractivity contribution in [1.29, 1.82) is 0 Å². The number of imidazole rings is 1. The molecule has 1 saturated carbocycles. The summed E-state index contributed by atoms with van der Waals surface area (Å²) < 4.78 is 7.35. The summed E-state index contributed by atoms with van der Waals surface area (Å²) in [5, 5.41) is 5.88. The van der Waals surface area contributed by atoms with Gasteiger partial charge in [-0.05, 0) is 36.1 Å². The van der Waals surface area contributed by atoms with Crippen LogP contribution in [0.3, 0.4) is 0 Å². The molecule has 1 aliphatic carbocycles. The SMILES string of the molecule is COCCC1(CNC(c2cccs2)c2nccn2C)CC1. The monoisotopic (exact) mass is 305 g/mol. The molecule has 0 saturated heterocycles. The van der Waals surface area contributed by atoms with E-state index in [0.29, 0.717) is 5.41 Å². The minimum absolute atomic E-state index is 0.185. The zero-order valence-electron chi connectivity index (χ0n) is 12.7. The molecule has 0 spiro atoms. The van der Waals surface area contributed by atoms with Gasteiger partial charge in [0.1, 0.15) is 11.9 Å². The summed E-state index contributed by atoms with van der Waals surface area (Å²) >= 11 is 1.79. The van der Waals surface area contributed by atoms with Crippen LogP contribution >= 0.6 is 11.3 Å². The van der Waals surface area contributed by atoms with Gasteiger partial charge >= 0.3 is 0 Å². The predicted octanol–water partition coefficient (Wildman–Crippen LogP) is 2.98. The first-order valence-electron chi connectivity index (χ1n) is 7.47. The zero-order valence-corrected chi connectivity index (χ0v) is 13.5. The summed E-state index contributed by atoms with van der Waals surface area (Å²) in [7, 11) is 3.84. The molecule has 2 heterocycles. The van der Waals surface area contributed by atoms with E-state index in [1.807, 2.05) is 12.4 Å². The van der Waals surface area contributed by atoms with Gasteiger partial charge in [-0.25, -0.2) is 4.98 Å². The van der Waals surface area contributed by atoms with E-state index in [4.69, 9.17) is 4.74 Å². The number of rotatable bonds is 8. The zero-order chi connectivity index (χ0) is 14.7. The third kappa shape index (κ3) is 3.36. The van der Waals surface area contributed by atoms with Crippen molar-refractivity contribution in [3.8, 4) is 0 Å². The topological polar surface area (TPSA) is 39.1 Å². The molecule has 1 atom stereocenters. The molecule has 4 nitrogen and oxygen atoms in total. The molecule has 1 fully saturated rings. The summed E-state index contributed by atoms with van der Waals surface area (Å²) in [6, 6.07) is 4.48. The van der Waals surface area contributed by atoms with E-state index in [1.54, 1.807) is 18.4 Å². The van der Waals surface area contributed by atoms with E-state index < -0.39 is 0 Å². The molecule has 1 N–H and O–H groups in total. The lowest BCUT2D eigenvalue weighted by atomic mass is 10.0. The average Bonchev–Trinajstić information content (AvgIpc) is 2.89. The van der Waals surface area contributed by atoms with E-state index in [0.717, 1.165) is 25.4 Å². The number of ether oxygens (including phenoxy) is 1. The van der Waals surface area contributed by atoms with Crippen molar-refractivity contribution in [1.82, 2.24) is 14.9 Å². The highest BCUT2D eigenvalue weighted by Gasteiger charge is 2.42. The van der Waals surface area contributed by atoms with E-state index in [1.165, 1.54) is 17.7 Å². The van der Waals surface area contributed by atoms with Crippen molar-refractivity contribution in [3.63, 3.8) is 0 Å². The standard InChI is InChI=1S/C16H23N3OS/c1-19-9-8-17-15(19)14(13-4-3-11-21-13)18-12-16(5-6-16)7-10-20-2/h3-4,8-9,11,14,18H,5-7,10,12H2,1-2H3. The van der Waals surface area contributed by atoms with Crippen LogP contribution in [0.25, 0.3) is 0 Å². The highest BCUT2D eigenvalue weighted by molar-refractivity contribution is 7.10. The van der Waals surface area contributed by atoms with Crippen molar-refractivity contribution in [3.05, 3.63) is 40.6 Å². The van der Waals surface area contributed by atoms with Gasteiger partial charge in [0.15, 0.2) is 0 Å². The Hall–Kier alpha value is -1.17. The molecule has 0 amide bonds. The van der Waals surface area contributed by atoms with Gasteiger partial charge in [0.05, 0.1) is 0 Å². The number of aromatic nitrogens is 2. The van der Waals surface area contributed by atoms with Crippen LogP contribution in [0.15, 0.2) is 29.9 Å². The smallest absolute Gasteiger partial charge is 0.131 e. The summed E-state index contributed by atoms with van der Waals surface area (Å²) in [5.74, 6) is 1.08. The number of aryl methyl sites for hydroxylation is 1. The number of hydrogen-bond donors (Lipinski definition) is 1. The third-order valence-electron chi connectivity index (χ3n) is 4.42. The van der Waals surface area contributed by atoms with Gasteiger partial charge in [0, 0.05) is 44.6 Å². The molecule has 2 aromatic heterocycles. The van der Waals surface area contributed by atoms with Crippen molar-refractivity contribution < 1.29 is 4.74 Å². The minimum Gasteiger partial charge on any atom is -0.385 e. The summed E-state index contributed by atoms with van der Waals surface area (Å²) in [6.45, 7) is 1.89. The second-order valence-electron chi connectivity index (χ2n) is 5.97. The van der Waals surface area contributed by atoms with Crippen LogP contribution in [-0.4, -0.2) is 29.8 Å². The quantitative estimate of drug-likeness (QED) is 0.815. The highest BCUT2D eigenvalue weighted by atomic mass is 32.1. The highest BCUT2D eigenvalue weighted by Crippen LogP contribution is 2.48. The third-order valence-corrected chi connectivity index (χ3v) is 5.36. The summed E-state index contributed by atoms with van der Waals surface area (Å²) in [6.07, 6.45) is 7.64. The Morgan fingerprint density at radius 2 is 2.38 bits per heavy atom. The van der Waals surface area contributed by atoms with E-state index >= 15 is 0 Å². The number of hydrogen-bond acceptors (Lipinski definition) is 4. The predicted molar refractivity (Wildman–Crippen MR) is 85.5 cm³/mol. The Kier molecular flexibility index (Phi) is 4.42.